The van der Waals surface area contributed by atoms with E-state index in [2.05, 4.69) is 13.8 Å². The normalized spacial score (nSPS) is 14.0. The van der Waals surface area contributed by atoms with E-state index in [0.29, 0.717) is 49.8 Å². The Morgan fingerprint density at radius 2 is 1.50 bits per heavy atom. The van der Waals surface area contributed by atoms with Crippen LogP contribution in [0, 0.1) is 0 Å². The van der Waals surface area contributed by atoms with Crippen molar-refractivity contribution in [1.29, 1.82) is 0 Å². The van der Waals surface area contributed by atoms with Crippen molar-refractivity contribution in [3.63, 3.8) is 0 Å². The minimum absolute atomic E-state index is 0.0235. The Morgan fingerprint density at radius 3 is 2.04 bits per heavy atom. The molecule has 3 N–H and O–H groups in total. The molecule has 168 valence electrons. The van der Waals surface area contributed by atoms with Crippen LogP contribution in [0.15, 0.2) is 0 Å². The molecule has 0 saturated heterocycles. The van der Waals surface area contributed by atoms with E-state index in [-0.39, 0.29) is 19.3 Å². The average Bonchev–Trinajstić information content (AvgIpc) is 2.63. The summed E-state index contributed by atoms with van der Waals surface area (Å²) in [4.78, 5) is 10.8. The molecule has 0 saturated carbocycles. The molecule has 0 heterocycles. The molecule has 0 radical (unpaired) electrons. The highest BCUT2D eigenvalue weighted by atomic mass is 16.7. The summed E-state index contributed by atoms with van der Waals surface area (Å²) in [6.07, 6.45) is 6.31. The lowest BCUT2D eigenvalue weighted by Gasteiger charge is -2.39. The number of carboxylic acid groups (broad SMARTS) is 1. The lowest BCUT2D eigenvalue weighted by Crippen LogP contribution is -2.55. The van der Waals surface area contributed by atoms with Crippen LogP contribution in [0.2, 0.25) is 0 Å². The van der Waals surface area contributed by atoms with Gasteiger partial charge in [0.05, 0.1) is 19.8 Å². The van der Waals surface area contributed by atoms with Crippen LogP contribution in [0.3, 0.4) is 0 Å². The SMILES string of the molecule is CCCCCCC(CCCC(O)C[N+](CCO)(CCO)CCCC)OC(=O)[O-]. The highest BCUT2D eigenvalue weighted by Crippen LogP contribution is 2.17. The van der Waals surface area contributed by atoms with Crippen LogP contribution in [0.5, 0.6) is 0 Å². The van der Waals surface area contributed by atoms with Gasteiger partial charge in [-0.05, 0) is 32.1 Å². The van der Waals surface area contributed by atoms with Gasteiger partial charge in [0.2, 0.25) is 0 Å². The molecule has 0 aromatic heterocycles. The highest BCUT2D eigenvalue weighted by Gasteiger charge is 2.29. The maximum atomic E-state index is 10.8. The zero-order chi connectivity index (χ0) is 21.3. The summed E-state index contributed by atoms with van der Waals surface area (Å²) in [5, 5.41) is 40.2. The second kappa shape index (κ2) is 17.0. The van der Waals surface area contributed by atoms with Gasteiger partial charge in [-0.15, -0.1) is 0 Å². The lowest BCUT2D eigenvalue weighted by molar-refractivity contribution is -0.931. The predicted molar refractivity (Wildman–Crippen MR) is 108 cm³/mol. The van der Waals surface area contributed by atoms with Gasteiger partial charge in [0.1, 0.15) is 25.7 Å². The van der Waals surface area contributed by atoms with E-state index in [9.17, 15) is 25.2 Å². The highest BCUT2D eigenvalue weighted by molar-refractivity contribution is 5.54. The van der Waals surface area contributed by atoms with Crippen LogP contribution in [0.1, 0.15) is 78.1 Å². The summed E-state index contributed by atoms with van der Waals surface area (Å²) in [6, 6.07) is 0. The average molecular weight is 406 g/mol. The Balaban J connectivity index is 4.53. The van der Waals surface area contributed by atoms with E-state index in [1.165, 1.54) is 0 Å². The van der Waals surface area contributed by atoms with Crippen LogP contribution in [-0.4, -0.2) is 77.6 Å². The fraction of sp³-hybridized carbons (Fsp3) is 0.952. The molecule has 0 aliphatic heterocycles. The second-order valence-corrected chi connectivity index (χ2v) is 7.92. The summed E-state index contributed by atoms with van der Waals surface area (Å²) in [5.74, 6) is 0. The van der Waals surface area contributed by atoms with Gasteiger partial charge >= 0.3 is 0 Å². The first-order valence-corrected chi connectivity index (χ1v) is 11.1. The summed E-state index contributed by atoms with van der Waals surface area (Å²) in [7, 11) is 0. The Hall–Kier alpha value is -0.890. The van der Waals surface area contributed by atoms with Gasteiger partial charge < -0.3 is 34.4 Å². The third-order valence-electron chi connectivity index (χ3n) is 5.44. The van der Waals surface area contributed by atoms with E-state index >= 15 is 0 Å². The molecule has 0 bridgehead atoms. The molecule has 2 atom stereocenters. The van der Waals surface area contributed by atoms with Gasteiger partial charge in [-0.25, -0.2) is 0 Å². The number of aliphatic hydroxyl groups excluding tert-OH is 3. The van der Waals surface area contributed by atoms with E-state index in [1.807, 2.05) is 0 Å². The first-order valence-electron chi connectivity index (χ1n) is 11.1. The molecule has 0 amide bonds. The fourth-order valence-corrected chi connectivity index (χ4v) is 3.84. The second-order valence-electron chi connectivity index (χ2n) is 7.92. The third-order valence-corrected chi connectivity index (χ3v) is 5.44. The summed E-state index contributed by atoms with van der Waals surface area (Å²) in [6.45, 7) is 6.62. The van der Waals surface area contributed by atoms with Crippen molar-refractivity contribution in [2.45, 2.75) is 90.3 Å². The number of nitrogens with zero attached hydrogens (tertiary/aromatic N) is 1. The first-order chi connectivity index (χ1) is 13.4. The minimum Gasteiger partial charge on any atom is -0.546 e. The van der Waals surface area contributed by atoms with Crippen LogP contribution in [0.25, 0.3) is 0 Å². The van der Waals surface area contributed by atoms with Gasteiger partial charge in [-0.2, -0.15) is 0 Å². The van der Waals surface area contributed by atoms with Crippen molar-refractivity contribution in [3.05, 3.63) is 0 Å². The molecule has 0 aromatic rings. The number of unbranched alkanes of at least 4 members (excludes halogenated alkanes) is 4. The number of carbonyl (C=O) groups is 1. The largest absolute Gasteiger partial charge is 0.546 e. The van der Waals surface area contributed by atoms with Gasteiger partial charge in [0.15, 0.2) is 0 Å². The van der Waals surface area contributed by atoms with E-state index in [4.69, 9.17) is 4.74 Å². The van der Waals surface area contributed by atoms with Gasteiger partial charge in [0.25, 0.3) is 6.16 Å². The minimum atomic E-state index is -1.48. The van der Waals surface area contributed by atoms with Gasteiger partial charge in [-0.3, -0.25) is 0 Å². The molecular weight excluding hydrogens is 362 g/mol. The Bertz CT molecular complexity index is 374. The molecule has 0 rings (SSSR count). The molecule has 2 unspecified atom stereocenters. The van der Waals surface area contributed by atoms with Crippen molar-refractivity contribution in [1.82, 2.24) is 0 Å². The van der Waals surface area contributed by atoms with Crippen LogP contribution in [-0.2, 0) is 4.74 Å². The zero-order valence-electron chi connectivity index (χ0n) is 18.0. The van der Waals surface area contributed by atoms with Crippen molar-refractivity contribution in [2.24, 2.45) is 0 Å². The Kier molecular flexibility index (Phi) is 16.5. The fourth-order valence-electron chi connectivity index (χ4n) is 3.84. The van der Waals surface area contributed by atoms with Gasteiger partial charge in [0, 0.05) is 6.10 Å². The van der Waals surface area contributed by atoms with Crippen molar-refractivity contribution in [2.75, 3.05) is 39.4 Å². The van der Waals surface area contributed by atoms with E-state index in [0.717, 1.165) is 45.1 Å². The summed E-state index contributed by atoms with van der Waals surface area (Å²) < 4.78 is 5.41. The molecule has 0 fully saturated rings. The smallest absolute Gasteiger partial charge is 0.252 e. The molecule has 28 heavy (non-hydrogen) atoms. The topological polar surface area (TPSA) is 110 Å². The van der Waals surface area contributed by atoms with Crippen LogP contribution in [0.4, 0.5) is 4.79 Å². The number of quaternary nitrogens is 1. The summed E-state index contributed by atoms with van der Waals surface area (Å²) >= 11 is 0. The molecular formula is C21H43NO6. The monoisotopic (exact) mass is 405 g/mol. The summed E-state index contributed by atoms with van der Waals surface area (Å²) in [5.41, 5.74) is 0. The number of rotatable bonds is 19. The quantitative estimate of drug-likeness (QED) is 0.172. The molecule has 0 aliphatic carbocycles. The van der Waals surface area contributed by atoms with Gasteiger partial charge in [-0.1, -0.05) is 46.0 Å². The third kappa shape index (κ3) is 13.3. The number of hydrogen-bond acceptors (Lipinski definition) is 6. The van der Waals surface area contributed by atoms with Crippen molar-refractivity contribution >= 4 is 6.16 Å². The maximum Gasteiger partial charge on any atom is 0.252 e. The molecule has 0 aliphatic rings. The Labute approximate surface area is 170 Å². The number of ether oxygens (including phenoxy) is 1. The van der Waals surface area contributed by atoms with Crippen molar-refractivity contribution < 1.29 is 34.4 Å². The van der Waals surface area contributed by atoms with Crippen LogP contribution >= 0.6 is 0 Å². The Morgan fingerprint density at radius 1 is 0.893 bits per heavy atom. The molecule has 0 spiro atoms. The first kappa shape index (κ1) is 27.1. The van der Waals surface area contributed by atoms with Crippen molar-refractivity contribution in [3.8, 4) is 0 Å². The standard InChI is InChI=1S/C21H43NO6/c1-3-5-7-8-11-20(28-21(26)27)12-9-10-19(25)18-22(14-16-23,15-17-24)13-6-4-2/h19-20,23-25H,3-18H2,1-2H3. The molecule has 7 heteroatoms. The molecule has 0 aromatic carbocycles. The lowest BCUT2D eigenvalue weighted by atomic mass is 10.0. The number of hydrogen-bond donors (Lipinski definition) is 3. The van der Waals surface area contributed by atoms with E-state index in [1.54, 1.807) is 0 Å². The number of aliphatic hydroxyl groups is 3. The molecule has 7 nitrogen and oxygen atoms in total. The zero-order valence-corrected chi connectivity index (χ0v) is 18.0. The maximum absolute atomic E-state index is 10.8. The van der Waals surface area contributed by atoms with E-state index < -0.39 is 12.3 Å². The predicted octanol–water partition coefficient (Wildman–Crippen LogP) is 1.82. The number of carbonyl (C=O) groups excluding carboxylic acids is 1. The van der Waals surface area contributed by atoms with Crippen LogP contribution < -0.4 is 5.11 Å².